The summed E-state index contributed by atoms with van der Waals surface area (Å²) in [6, 6.07) is 9.59. The maximum Gasteiger partial charge on any atom is 0.322 e. The zero-order valence-corrected chi connectivity index (χ0v) is 17.9. The predicted octanol–water partition coefficient (Wildman–Crippen LogP) is 1.90. The highest BCUT2D eigenvalue weighted by molar-refractivity contribution is 7.89. The normalized spacial score (nSPS) is 15.5. The van der Waals surface area contributed by atoms with E-state index in [4.69, 9.17) is 5.73 Å². The molecule has 0 unspecified atom stereocenters. The average Bonchev–Trinajstić information content (AvgIpc) is 2.77. The summed E-state index contributed by atoms with van der Waals surface area (Å²) in [6.07, 6.45) is 8.23. The summed E-state index contributed by atoms with van der Waals surface area (Å²) >= 11 is 0. The van der Waals surface area contributed by atoms with Gasteiger partial charge in [0.05, 0.1) is 16.3 Å². The molecule has 9 nitrogen and oxygen atoms in total. The van der Waals surface area contributed by atoms with Crippen molar-refractivity contribution in [2.24, 2.45) is 0 Å². The fourth-order valence-electron chi connectivity index (χ4n) is 3.40. The Balaban J connectivity index is 1.81. The third kappa shape index (κ3) is 3.95. The van der Waals surface area contributed by atoms with Crippen molar-refractivity contribution in [1.82, 2.24) is 19.9 Å². The Hall–Kier alpha value is -4.05. The van der Waals surface area contributed by atoms with Crippen LogP contribution in [0.4, 0.5) is 5.69 Å². The van der Waals surface area contributed by atoms with E-state index in [2.05, 4.69) is 15.6 Å². The van der Waals surface area contributed by atoms with E-state index in [0.29, 0.717) is 22.7 Å². The maximum atomic E-state index is 13.4. The molecule has 0 aliphatic carbocycles. The lowest BCUT2D eigenvalue weighted by Gasteiger charge is -2.33. The van der Waals surface area contributed by atoms with Gasteiger partial charge in [-0.1, -0.05) is 12.1 Å². The summed E-state index contributed by atoms with van der Waals surface area (Å²) in [5.74, 6) is -0.848. The van der Waals surface area contributed by atoms with Crippen LogP contribution in [-0.4, -0.2) is 35.3 Å². The summed E-state index contributed by atoms with van der Waals surface area (Å²) in [5, 5.41) is 15.1. The molecule has 0 saturated carbocycles. The topological polar surface area (TPSA) is 138 Å². The third-order valence-corrected chi connectivity index (χ3v) is 6.60. The molecule has 2 aromatic rings. The number of anilines is 1. The largest absolute Gasteiger partial charge is 0.480 e. The Labute approximate surface area is 185 Å². The SMILES string of the molecule is Cc1cccnc1C1=CC2=CC=CN(S(=O)(=O)c3ccc(N)cc3)C2=C(NCC(=O)O)N1. The predicted molar refractivity (Wildman–Crippen MR) is 120 cm³/mol. The van der Waals surface area contributed by atoms with E-state index in [0.717, 1.165) is 9.87 Å². The second kappa shape index (κ2) is 8.23. The fraction of sp³-hybridized carbons (Fsp3) is 0.0909. The second-order valence-electron chi connectivity index (χ2n) is 7.16. The quantitative estimate of drug-likeness (QED) is 0.489. The van der Waals surface area contributed by atoms with Crippen LogP contribution >= 0.6 is 0 Å². The van der Waals surface area contributed by atoms with Crippen molar-refractivity contribution < 1.29 is 18.3 Å². The highest BCUT2D eigenvalue weighted by atomic mass is 32.2. The number of carboxylic acids is 1. The van der Waals surface area contributed by atoms with E-state index in [1.54, 1.807) is 24.4 Å². The number of carbonyl (C=O) groups is 1. The number of sulfonamides is 1. The number of nitrogen functional groups attached to an aromatic ring is 1. The zero-order valence-electron chi connectivity index (χ0n) is 17.1. The number of nitrogens with one attached hydrogen (secondary N) is 2. The first-order chi connectivity index (χ1) is 15.3. The molecule has 2 aliphatic rings. The van der Waals surface area contributed by atoms with Crippen LogP contribution in [0.15, 0.2) is 89.0 Å². The van der Waals surface area contributed by atoms with Crippen LogP contribution in [0.2, 0.25) is 0 Å². The Bertz CT molecular complexity index is 1310. The van der Waals surface area contributed by atoms with Gasteiger partial charge in [-0.25, -0.2) is 12.7 Å². The number of nitrogens with zero attached hydrogens (tertiary/aromatic N) is 2. The number of nitrogens with two attached hydrogens (primary N) is 1. The minimum absolute atomic E-state index is 0.0537. The molecule has 0 saturated heterocycles. The van der Waals surface area contributed by atoms with Crippen molar-refractivity contribution in [3.8, 4) is 0 Å². The molecule has 2 aliphatic heterocycles. The van der Waals surface area contributed by atoms with E-state index in [9.17, 15) is 18.3 Å². The van der Waals surface area contributed by atoms with Gasteiger partial charge in [-0.15, -0.1) is 0 Å². The standard InChI is InChI=1S/C22H21N5O4S/c1-14-4-2-10-24-20(14)18-12-15-5-3-11-27(21(15)22(26-18)25-13-19(28)29)32(30,31)17-8-6-16(23)7-9-17/h2-12,25-26H,13,23H2,1H3,(H,28,29). The number of aromatic nitrogens is 1. The number of allylic oxidation sites excluding steroid dienone is 3. The van der Waals surface area contributed by atoms with Gasteiger partial charge in [0, 0.05) is 23.7 Å². The Morgan fingerprint density at radius 1 is 1.25 bits per heavy atom. The van der Waals surface area contributed by atoms with E-state index >= 15 is 0 Å². The monoisotopic (exact) mass is 451 g/mol. The number of aliphatic carboxylic acids is 1. The third-order valence-electron chi connectivity index (χ3n) is 4.91. The van der Waals surface area contributed by atoms with Crippen LogP contribution in [0.1, 0.15) is 11.3 Å². The van der Waals surface area contributed by atoms with Gasteiger partial charge in [0.1, 0.15) is 18.1 Å². The molecule has 0 amide bonds. The Morgan fingerprint density at radius 3 is 2.69 bits per heavy atom. The molecule has 0 atom stereocenters. The molecule has 0 fully saturated rings. The highest BCUT2D eigenvalue weighted by Gasteiger charge is 2.33. The Morgan fingerprint density at radius 2 is 2.00 bits per heavy atom. The molecule has 5 N–H and O–H groups in total. The first-order valence-corrected chi connectivity index (χ1v) is 11.1. The fourth-order valence-corrected chi connectivity index (χ4v) is 4.78. The molecule has 0 radical (unpaired) electrons. The van der Waals surface area contributed by atoms with E-state index in [1.807, 2.05) is 19.1 Å². The minimum Gasteiger partial charge on any atom is -0.480 e. The lowest BCUT2D eigenvalue weighted by Crippen LogP contribution is -2.39. The van der Waals surface area contributed by atoms with Crippen molar-refractivity contribution in [3.63, 3.8) is 0 Å². The maximum absolute atomic E-state index is 13.4. The number of aryl methyl sites for hydroxylation is 1. The lowest BCUT2D eigenvalue weighted by molar-refractivity contribution is -0.135. The summed E-state index contributed by atoms with van der Waals surface area (Å²) in [6.45, 7) is 1.49. The van der Waals surface area contributed by atoms with Crippen molar-refractivity contribution in [3.05, 3.63) is 95.4 Å². The molecule has 32 heavy (non-hydrogen) atoms. The van der Waals surface area contributed by atoms with Crippen molar-refractivity contribution in [2.75, 3.05) is 12.3 Å². The zero-order chi connectivity index (χ0) is 22.9. The number of fused-ring (bicyclic) bond motifs is 1. The number of rotatable bonds is 6. The molecular formula is C22H21N5O4S. The summed E-state index contributed by atoms with van der Waals surface area (Å²) in [7, 11) is -3.99. The van der Waals surface area contributed by atoms with E-state index in [1.165, 1.54) is 30.5 Å². The molecule has 164 valence electrons. The van der Waals surface area contributed by atoms with Gasteiger partial charge in [0.25, 0.3) is 10.0 Å². The number of benzene rings is 1. The van der Waals surface area contributed by atoms with E-state index < -0.39 is 22.5 Å². The number of dihydropyridines is 1. The first-order valence-electron chi connectivity index (χ1n) is 9.67. The highest BCUT2D eigenvalue weighted by Crippen LogP contribution is 2.34. The molecule has 1 aromatic carbocycles. The van der Waals surface area contributed by atoms with Gasteiger partial charge in [-0.2, -0.15) is 0 Å². The average molecular weight is 452 g/mol. The molecule has 10 heteroatoms. The van der Waals surface area contributed by atoms with Crippen molar-refractivity contribution >= 4 is 27.4 Å². The van der Waals surface area contributed by atoms with Gasteiger partial charge < -0.3 is 21.5 Å². The second-order valence-corrected chi connectivity index (χ2v) is 8.97. The number of hydrogen-bond donors (Lipinski definition) is 4. The van der Waals surface area contributed by atoms with Crippen molar-refractivity contribution in [2.45, 2.75) is 11.8 Å². The van der Waals surface area contributed by atoms with Gasteiger partial charge in [-0.3, -0.25) is 9.78 Å². The van der Waals surface area contributed by atoms with Crippen LogP contribution in [-0.2, 0) is 14.8 Å². The molecule has 0 bridgehead atoms. The number of pyridine rings is 1. The van der Waals surface area contributed by atoms with Crippen LogP contribution in [0, 0.1) is 6.92 Å². The smallest absolute Gasteiger partial charge is 0.322 e. The van der Waals surface area contributed by atoms with Crippen LogP contribution in [0.5, 0.6) is 0 Å². The van der Waals surface area contributed by atoms with Crippen LogP contribution in [0.25, 0.3) is 5.70 Å². The molecule has 0 spiro atoms. The van der Waals surface area contributed by atoms with Gasteiger partial charge >= 0.3 is 5.97 Å². The van der Waals surface area contributed by atoms with Crippen molar-refractivity contribution in [1.29, 1.82) is 0 Å². The summed E-state index contributed by atoms with van der Waals surface area (Å²) in [4.78, 5) is 15.7. The summed E-state index contributed by atoms with van der Waals surface area (Å²) < 4.78 is 27.9. The number of carboxylic acid groups (broad SMARTS) is 1. The summed E-state index contributed by atoms with van der Waals surface area (Å²) in [5.41, 5.74) is 9.20. The van der Waals surface area contributed by atoms with E-state index in [-0.39, 0.29) is 16.4 Å². The Kier molecular flexibility index (Phi) is 5.45. The van der Waals surface area contributed by atoms with Gasteiger partial charge in [0.2, 0.25) is 0 Å². The van der Waals surface area contributed by atoms with Crippen LogP contribution in [0.3, 0.4) is 0 Å². The first kappa shape index (κ1) is 21.2. The van der Waals surface area contributed by atoms with Gasteiger partial charge in [-0.05, 0) is 55.0 Å². The minimum atomic E-state index is -3.99. The van der Waals surface area contributed by atoms with Crippen LogP contribution < -0.4 is 16.4 Å². The van der Waals surface area contributed by atoms with Gasteiger partial charge in [0.15, 0.2) is 0 Å². The molecule has 3 heterocycles. The molecule has 1 aromatic heterocycles. The lowest BCUT2D eigenvalue weighted by atomic mass is 10.0. The molecule has 4 rings (SSSR count). The number of hydrogen-bond acceptors (Lipinski definition) is 7. The molecular weight excluding hydrogens is 430 g/mol.